The zero-order valence-corrected chi connectivity index (χ0v) is 6.56. The van der Waals surface area contributed by atoms with Crippen LogP contribution in [0.4, 0.5) is 4.79 Å². The lowest BCUT2D eigenvalue weighted by atomic mass is 10.8. The van der Waals surface area contributed by atoms with Crippen LogP contribution in [0.5, 0.6) is 0 Å². The lowest BCUT2D eigenvalue weighted by Crippen LogP contribution is -2.08. The fourth-order valence-electron chi connectivity index (χ4n) is 0.380. The van der Waals surface area contributed by atoms with Crippen LogP contribution in [0.1, 0.15) is 6.92 Å². The standard InChI is InChI=1S/C6H10O3S/c1-3-4-10-5(2)9-6(7)8/h3,5H,1,4H2,2H3,(H,7,8). The monoisotopic (exact) mass is 162 g/mol. The third-order valence-electron chi connectivity index (χ3n) is 0.716. The van der Waals surface area contributed by atoms with Gasteiger partial charge in [-0.3, -0.25) is 0 Å². The van der Waals surface area contributed by atoms with Crippen molar-refractivity contribution in [2.24, 2.45) is 0 Å². The maximum atomic E-state index is 9.91. The van der Waals surface area contributed by atoms with Gasteiger partial charge in [0.25, 0.3) is 0 Å². The molecule has 0 bridgehead atoms. The van der Waals surface area contributed by atoms with Crippen LogP contribution in [0.25, 0.3) is 0 Å². The van der Waals surface area contributed by atoms with E-state index in [-0.39, 0.29) is 5.44 Å². The molecule has 3 nitrogen and oxygen atoms in total. The number of rotatable bonds is 4. The van der Waals surface area contributed by atoms with E-state index in [9.17, 15) is 4.79 Å². The van der Waals surface area contributed by atoms with Crippen LogP contribution in [0.2, 0.25) is 0 Å². The summed E-state index contributed by atoms with van der Waals surface area (Å²) in [5.41, 5.74) is -0.310. The SMILES string of the molecule is C=CCSC(C)OC(=O)O. The Morgan fingerprint density at radius 3 is 3.00 bits per heavy atom. The average molecular weight is 162 g/mol. The van der Waals surface area contributed by atoms with Crippen LogP contribution < -0.4 is 0 Å². The fraction of sp³-hybridized carbons (Fsp3) is 0.500. The fourth-order valence-corrected chi connectivity index (χ4v) is 0.937. The van der Waals surface area contributed by atoms with Gasteiger partial charge in [0.1, 0.15) is 5.44 Å². The average Bonchev–Trinajstić information content (AvgIpc) is 1.82. The third-order valence-corrected chi connectivity index (χ3v) is 1.71. The topological polar surface area (TPSA) is 46.5 Å². The molecule has 0 aliphatic rings. The molecule has 0 amide bonds. The number of thioether (sulfide) groups is 1. The molecule has 0 aliphatic heterocycles. The molecule has 0 saturated carbocycles. The van der Waals surface area contributed by atoms with Gasteiger partial charge in [0.2, 0.25) is 0 Å². The molecule has 10 heavy (non-hydrogen) atoms. The van der Waals surface area contributed by atoms with E-state index >= 15 is 0 Å². The summed E-state index contributed by atoms with van der Waals surface area (Å²) >= 11 is 1.38. The summed E-state index contributed by atoms with van der Waals surface area (Å²) in [6.45, 7) is 5.17. The van der Waals surface area contributed by atoms with E-state index in [2.05, 4.69) is 11.3 Å². The van der Waals surface area contributed by atoms with Crippen molar-refractivity contribution in [2.75, 3.05) is 5.75 Å². The molecule has 0 rings (SSSR count). The number of carbonyl (C=O) groups is 1. The van der Waals surface area contributed by atoms with Crippen LogP contribution in [-0.4, -0.2) is 22.5 Å². The zero-order chi connectivity index (χ0) is 7.98. The Hall–Kier alpha value is -0.640. The lowest BCUT2D eigenvalue weighted by molar-refractivity contribution is 0.0871. The van der Waals surface area contributed by atoms with E-state index in [0.717, 1.165) is 0 Å². The van der Waals surface area contributed by atoms with Crippen molar-refractivity contribution in [3.8, 4) is 0 Å². The van der Waals surface area contributed by atoms with Gasteiger partial charge in [-0.1, -0.05) is 6.08 Å². The van der Waals surface area contributed by atoms with Gasteiger partial charge >= 0.3 is 6.16 Å². The van der Waals surface area contributed by atoms with Gasteiger partial charge in [0.15, 0.2) is 0 Å². The third kappa shape index (κ3) is 5.50. The molecular weight excluding hydrogens is 152 g/mol. The molecule has 0 saturated heterocycles. The van der Waals surface area contributed by atoms with Crippen molar-refractivity contribution in [2.45, 2.75) is 12.4 Å². The minimum Gasteiger partial charge on any atom is -0.450 e. The van der Waals surface area contributed by atoms with E-state index in [0.29, 0.717) is 5.75 Å². The van der Waals surface area contributed by atoms with Crippen LogP contribution in [0, 0.1) is 0 Å². The summed E-state index contributed by atoms with van der Waals surface area (Å²) in [5.74, 6) is 0.703. The zero-order valence-electron chi connectivity index (χ0n) is 5.74. The van der Waals surface area contributed by atoms with Crippen LogP contribution >= 0.6 is 11.8 Å². The Labute approximate surface area is 64.1 Å². The summed E-state index contributed by atoms with van der Waals surface area (Å²) in [6, 6.07) is 0. The highest BCUT2D eigenvalue weighted by Gasteiger charge is 2.05. The van der Waals surface area contributed by atoms with E-state index in [1.807, 2.05) is 0 Å². The van der Waals surface area contributed by atoms with Gasteiger partial charge in [-0.15, -0.1) is 18.3 Å². The summed E-state index contributed by atoms with van der Waals surface area (Å²) < 4.78 is 4.38. The molecule has 1 atom stereocenters. The summed E-state index contributed by atoms with van der Waals surface area (Å²) in [7, 11) is 0. The predicted molar refractivity (Wildman–Crippen MR) is 41.2 cm³/mol. The Morgan fingerprint density at radius 1 is 2.00 bits per heavy atom. The summed E-state index contributed by atoms with van der Waals surface area (Å²) in [6.07, 6.45) is 0.468. The molecule has 0 aromatic carbocycles. The molecule has 58 valence electrons. The van der Waals surface area contributed by atoms with Crippen molar-refractivity contribution in [1.82, 2.24) is 0 Å². The highest BCUT2D eigenvalue weighted by molar-refractivity contribution is 7.99. The van der Waals surface area contributed by atoms with Crippen molar-refractivity contribution in [3.63, 3.8) is 0 Å². The quantitative estimate of drug-likeness (QED) is 0.390. The first-order valence-corrected chi connectivity index (χ1v) is 3.83. The normalized spacial score (nSPS) is 12.1. The minimum atomic E-state index is -1.23. The Morgan fingerprint density at radius 2 is 2.60 bits per heavy atom. The van der Waals surface area contributed by atoms with Crippen molar-refractivity contribution >= 4 is 17.9 Å². The van der Waals surface area contributed by atoms with Crippen molar-refractivity contribution < 1.29 is 14.6 Å². The molecular formula is C6H10O3S. The Balaban J connectivity index is 3.33. The van der Waals surface area contributed by atoms with Gasteiger partial charge in [0.05, 0.1) is 0 Å². The molecule has 4 heteroatoms. The second-order valence-electron chi connectivity index (χ2n) is 1.57. The van der Waals surface area contributed by atoms with Crippen LogP contribution in [0.3, 0.4) is 0 Å². The molecule has 0 aromatic rings. The largest absolute Gasteiger partial charge is 0.506 e. The lowest BCUT2D eigenvalue weighted by Gasteiger charge is -2.07. The first-order chi connectivity index (χ1) is 4.66. The van der Waals surface area contributed by atoms with Gasteiger partial charge < -0.3 is 9.84 Å². The summed E-state index contributed by atoms with van der Waals surface area (Å²) in [5, 5.41) is 8.12. The van der Waals surface area contributed by atoms with Gasteiger partial charge in [0, 0.05) is 5.75 Å². The molecule has 0 radical (unpaired) electrons. The number of ether oxygens (including phenoxy) is 1. The molecule has 0 heterocycles. The maximum absolute atomic E-state index is 9.91. The van der Waals surface area contributed by atoms with E-state index in [1.54, 1.807) is 13.0 Å². The second-order valence-corrected chi connectivity index (χ2v) is 2.90. The highest BCUT2D eigenvalue weighted by atomic mass is 32.2. The smallest absolute Gasteiger partial charge is 0.450 e. The number of carboxylic acid groups (broad SMARTS) is 1. The van der Waals surface area contributed by atoms with Crippen LogP contribution in [0.15, 0.2) is 12.7 Å². The first-order valence-electron chi connectivity index (χ1n) is 2.79. The highest BCUT2D eigenvalue weighted by Crippen LogP contribution is 2.10. The van der Waals surface area contributed by atoms with Gasteiger partial charge in [-0.25, -0.2) is 4.79 Å². The molecule has 0 aliphatic carbocycles. The van der Waals surface area contributed by atoms with E-state index in [4.69, 9.17) is 5.11 Å². The van der Waals surface area contributed by atoms with Crippen molar-refractivity contribution in [3.05, 3.63) is 12.7 Å². The van der Waals surface area contributed by atoms with E-state index < -0.39 is 6.16 Å². The molecule has 1 N–H and O–H groups in total. The molecule has 0 spiro atoms. The number of hydrogen-bond donors (Lipinski definition) is 1. The first kappa shape index (κ1) is 9.36. The molecule has 0 aromatic heterocycles. The van der Waals surface area contributed by atoms with Crippen molar-refractivity contribution in [1.29, 1.82) is 0 Å². The number of hydrogen-bond acceptors (Lipinski definition) is 3. The van der Waals surface area contributed by atoms with Gasteiger partial charge in [-0.05, 0) is 6.92 Å². The Bertz CT molecular complexity index is 124. The Kier molecular flexibility index (Phi) is 4.84. The molecule has 1 unspecified atom stereocenters. The maximum Gasteiger partial charge on any atom is 0.506 e. The predicted octanol–water partition coefficient (Wildman–Crippen LogP) is 1.95. The molecule has 0 fully saturated rings. The van der Waals surface area contributed by atoms with E-state index in [1.165, 1.54) is 11.8 Å². The second kappa shape index (κ2) is 5.17. The minimum absolute atomic E-state index is 0.310. The van der Waals surface area contributed by atoms with Gasteiger partial charge in [-0.2, -0.15) is 0 Å². The summed E-state index contributed by atoms with van der Waals surface area (Å²) in [4.78, 5) is 9.91. The van der Waals surface area contributed by atoms with Crippen LogP contribution in [-0.2, 0) is 4.74 Å².